The average molecular weight is 401 g/mol. The number of rotatable bonds is 4. The van der Waals surface area contributed by atoms with Crippen molar-refractivity contribution < 1.29 is 9.84 Å². The molecule has 1 aliphatic rings. The summed E-state index contributed by atoms with van der Waals surface area (Å²) < 4.78 is 7.25. The van der Waals surface area contributed by atoms with Gasteiger partial charge in [-0.15, -0.1) is 11.3 Å². The number of fused-ring (bicyclic) bond motifs is 3. The van der Waals surface area contributed by atoms with Crippen molar-refractivity contribution in [3.63, 3.8) is 0 Å². The lowest BCUT2D eigenvalue weighted by atomic mass is 10.1. The maximum absolute atomic E-state index is 10.3. The summed E-state index contributed by atoms with van der Waals surface area (Å²) in [6.07, 6.45) is 2.02. The Morgan fingerprint density at radius 3 is 2.69 bits per heavy atom. The van der Waals surface area contributed by atoms with E-state index in [0.29, 0.717) is 5.75 Å². The number of phenolic OH excluding ortho intramolecular Hbond substituents is 1. The van der Waals surface area contributed by atoms with Crippen LogP contribution < -0.4 is 14.6 Å². The van der Waals surface area contributed by atoms with Gasteiger partial charge in [-0.1, -0.05) is 54.6 Å². The third-order valence-electron chi connectivity index (χ3n) is 5.16. The monoisotopic (exact) mass is 400 g/mol. The Morgan fingerprint density at radius 2 is 1.86 bits per heavy atom. The Bertz CT molecular complexity index is 1300. The zero-order chi connectivity index (χ0) is 19.8. The molecule has 29 heavy (non-hydrogen) atoms. The van der Waals surface area contributed by atoms with E-state index >= 15 is 0 Å². The van der Waals surface area contributed by atoms with Crippen LogP contribution in [0.2, 0.25) is 0 Å². The number of benzene rings is 3. The van der Waals surface area contributed by atoms with Gasteiger partial charge in [0.15, 0.2) is 0 Å². The van der Waals surface area contributed by atoms with Gasteiger partial charge in [0.1, 0.15) is 22.3 Å². The zero-order valence-electron chi connectivity index (χ0n) is 15.9. The lowest BCUT2D eigenvalue weighted by molar-refractivity contribution is 0.299. The summed E-state index contributed by atoms with van der Waals surface area (Å²) in [5.74, 6) is 1.12. The van der Waals surface area contributed by atoms with E-state index in [1.807, 2.05) is 36.4 Å². The first kappa shape index (κ1) is 17.8. The molecule has 0 saturated carbocycles. The van der Waals surface area contributed by atoms with Gasteiger partial charge in [-0.05, 0) is 23.8 Å². The van der Waals surface area contributed by atoms with Crippen LogP contribution in [0.25, 0.3) is 16.3 Å². The predicted molar refractivity (Wildman–Crippen MR) is 116 cm³/mol. The minimum absolute atomic E-state index is 0.159. The molecule has 1 unspecified atom stereocenters. The number of thiophene rings is 1. The smallest absolute Gasteiger partial charge is 0.148 e. The fraction of sp³-hybridized carbons (Fsp3) is 0.125. The molecule has 0 aliphatic carbocycles. The van der Waals surface area contributed by atoms with Crippen LogP contribution in [0.5, 0.6) is 11.5 Å². The van der Waals surface area contributed by atoms with E-state index in [1.165, 1.54) is 16.9 Å². The topological polar surface area (TPSA) is 45.1 Å². The van der Waals surface area contributed by atoms with Gasteiger partial charge in [0.25, 0.3) is 0 Å². The van der Waals surface area contributed by atoms with Crippen LogP contribution in [0.3, 0.4) is 0 Å². The molecular weight excluding hydrogens is 380 g/mol. The first-order valence-electron chi connectivity index (χ1n) is 9.47. The Balaban J connectivity index is 1.69. The number of ether oxygens (including phenoxy) is 1. The molecule has 0 amide bonds. The summed E-state index contributed by atoms with van der Waals surface area (Å²) in [7, 11) is 1.68. The summed E-state index contributed by atoms with van der Waals surface area (Å²) in [4.78, 5) is 7.35. The van der Waals surface area contributed by atoms with Crippen molar-refractivity contribution in [3.05, 3.63) is 93.8 Å². The van der Waals surface area contributed by atoms with E-state index in [4.69, 9.17) is 9.73 Å². The second-order valence-electron chi connectivity index (χ2n) is 7.04. The number of phenols is 1. The van der Waals surface area contributed by atoms with Crippen LogP contribution in [0.15, 0.2) is 77.8 Å². The first-order valence-corrected chi connectivity index (χ1v) is 10.3. The van der Waals surface area contributed by atoms with Crippen LogP contribution in [-0.4, -0.2) is 17.1 Å². The van der Waals surface area contributed by atoms with Crippen molar-refractivity contribution in [2.75, 3.05) is 7.11 Å². The third kappa shape index (κ3) is 3.23. The minimum atomic E-state index is -0.159. The highest BCUT2D eigenvalue weighted by Gasteiger charge is 2.22. The highest BCUT2D eigenvalue weighted by molar-refractivity contribution is 7.17. The normalized spacial score (nSPS) is 15.5. The van der Waals surface area contributed by atoms with Gasteiger partial charge < -0.3 is 14.7 Å². The molecule has 3 aromatic carbocycles. The molecule has 0 saturated heterocycles. The Kier molecular flexibility index (Phi) is 4.45. The molecule has 1 atom stereocenters. The number of methoxy groups -OCH3 is 1. The fourth-order valence-corrected chi connectivity index (χ4v) is 4.83. The van der Waals surface area contributed by atoms with Crippen molar-refractivity contribution in [2.24, 2.45) is 4.99 Å². The number of aromatic hydroxyl groups is 1. The van der Waals surface area contributed by atoms with E-state index in [0.717, 1.165) is 37.8 Å². The van der Waals surface area contributed by atoms with Crippen molar-refractivity contribution in [1.82, 2.24) is 4.90 Å². The van der Waals surface area contributed by atoms with Crippen LogP contribution in [0, 0.1) is 0 Å². The lowest BCUT2D eigenvalue weighted by Gasteiger charge is -2.30. The van der Waals surface area contributed by atoms with Crippen LogP contribution in [0.1, 0.15) is 17.3 Å². The molecule has 144 valence electrons. The Morgan fingerprint density at radius 1 is 1.03 bits per heavy atom. The van der Waals surface area contributed by atoms with E-state index in [2.05, 4.69) is 41.4 Å². The molecular formula is C24H20N2O2S. The SMILES string of the molecule is COc1cccc(C2N=c3sc4c(O)cccc4c3=CN2Cc2ccccc2)c1. The van der Waals surface area contributed by atoms with E-state index < -0.39 is 0 Å². The Hall–Kier alpha value is -3.31. The molecule has 5 heteroatoms. The number of hydrogen-bond acceptors (Lipinski definition) is 5. The van der Waals surface area contributed by atoms with Crippen molar-refractivity contribution in [1.29, 1.82) is 0 Å². The Labute approximate surface area is 172 Å². The third-order valence-corrected chi connectivity index (χ3v) is 6.31. The zero-order valence-corrected chi connectivity index (χ0v) is 16.8. The molecule has 4 nitrogen and oxygen atoms in total. The van der Waals surface area contributed by atoms with E-state index in [1.54, 1.807) is 13.2 Å². The van der Waals surface area contributed by atoms with E-state index in [9.17, 15) is 5.11 Å². The molecule has 1 N–H and O–H groups in total. The molecule has 0 bridgehead atoms. The van der Waals surface area contributed by atoms with E-state index in [-0.39, 0.29) is 6.17 Å². The van der Waals surface area contributed by atoms with Gasteiger partial charge in [-0.2, -0.15) is 0 Å². The second-order valence-corrected chi connectivity index (χ2v) is 8.04. The first-order chi connectivity index (χ1) is 14.2. The van der Waals surface area contributed by atoms with Crippen molar-refractivity contribution in [2.45, 2.75) is 12.7 Å². The van der Waals surface area contributed by atoms with Gasteiger partial charge in [0, 0.05) is 28.9 Å². The summed E-state index contributed by atoms with van der Waals surface area (Å²) in [5, 5.41) is 12.4. The van der Waals surface area contributed by atoms with Crippen LogP contribution in [0.4, 0.5) is 0 Å². The summed E-state index contributed by atoms with van der Waals surface area (Å²) >= 11 is 1.54. The summed E-state index contributed by atoms with van der Waals surface area (Å²) in [5.41, 5.74) is 2.29. The van der Waals surface area contributed by atoms with Crippen LogP contribution >= 0.6 is 11.3 Å². The van der Waals surface area contributed by atoms with Crippen molar-refractivity contribution in [3.8, 4) is 11.5 Å². The highest BCUT2D eigenvalue weighted by Crippen LogP contribution is 2.31. The van der Waals surface area contributed by atoms with Gasteiger partial charge in [0.2, 0.25) is 0 Å². The number of hydrogen-bond donors (Lipinski definition) is 1. The average Bonchev–Trinajstić information content (AvgIpc) is 3.13. The predicted octanol–water partition coefficient (Wildman–Crippen LogP) is 4.19. The van der Waals surface area contributed by atoms with Gasteiger partial charge in [0.05, 0.1) is 11.8 Å². The van der Waals surface area contributed by atoms with Crippen LogP contribution in [-0.2, 0) is 6.54 Å². The number of nitrogens with zero attached hydrogens (tertiary/aromatic N) is 2. The molecule has 5 rings (SSSR count). The quantitative estimate of drug-likeness (QED) is 0.559. The second kappa shape index (κ2) is 7.26. The standard InChI is InChI=1S/C24H20N2O2S/c1-28-18-10-5-9-17(13-18)23-25-24-20(19-11-6-12-21(27)22(19)29-24)15-26(23)14-16-7-3-2-4-8-16/h2-13,15,23,27H,14H2,1H3. The maximum atomic E-state index is 10.3. The molecule has 4 aromatic rings. The summed E-state index contributed by atoms with van der Waals surface area (Å²) in [6.45, 7) is 0.738. The lowest BCUT2D eigenvalue weighted by Crippen LogP contribution is -2.35. The van der Waals surface area contributed by atoms with Gasteiger partial charge >= 0.3 is 0 Å². The maximum Gasteiger partial charge on any atom is 0.148 e. The van der Waals surface area contributed by atoms with Gasteiger partial charge in [-0.25, -0.2) is 4.99 Å². The highest BCUT2D eigenvalue weighted by atomic mass is 32.1. The molecule has 1 aliphatic heterocycles. The minimum Gasteiger partial charge on any atom is -0.506 e. The molecule has 0 radical (unpaired) electrons. The molecule has 2 heterocycles. The molecule has 0 fully saturated rings. The van der Waals surface area contributed by atoms with Gasteiger partial charge in [-0.3, -0.25) is 0 Å². The largest absolute Gasteiger partial charge is 0.506 e. The molecule has 1 aromatic heterocycles. The fourth-order valence-electron chi connectivity index (χ4n) is 3.75. The molecule has 0 spiro atoms. The van der Waals surface area contributed by atoms with Crippen molar-refractivity contribution >= 4 is 27.6 Å². The summed E-state index contributed by atoms with van der Waals surface area (Å²) in [6, 6.07) is 24.1.